The van der Waals surface area contributed by atoms with Crippen LogP contribution in [0.1, 0.15) is 269 Å². The molecule has 0 aliphatic carbocycles. The van der Waals surface area contributed by atoms with Crippen LogP contribution in [0.2, 0.25) is 0 Å². The van der Waals surface area contributed by atoms with E-state index in [0.717, 1.165) is 106 Å². The van der Waals surface area contributed by atoms with Gasteiger partial charge in [0.05, 0.1) is 12.9 Å². The number of nitrogens with one attached hydrogen (secondary N) is 13. The van der Waals surface area contributed by atoms with E-state index in [0.29, 0.717) is 61.9 Å². The molecule has 1 saturated heterocycles. The van der Waals surface area contributed by atoms with Crippen LogP contribution >= 0.6 is 0 Å². The minimum atomic E-state index is -1.53. The first-order valence-electron chi connectivity index (χ1n) is 44.5. The number of amides is 11. The summed E-state index contributed by atoms with van der Waals surface area (Å²) in [6, 6.07) is 8.23. The monoisotopic (exact) mass is 1670 g/mol. The highest BCUT2D eigenvalue weighted by Gasteiger charge is 2.42. The predicted molar refractivity (Wildman–Crippen MR) is 469 cm³/mol. The Kier molecular flexibility index (Phi) is 51.4. The number of unbranched alkanes of at least 4 members (excludes halogenated alkanes) is 23. The molecular weight excluding hydrogens is 1530 g/mol. The van der Waals surface area contributed by atoms with Crippen LogP contribution in [0.3, 0.4) is 0 Å². The molecule has 0 radical (unpaired) electrons. The lowest BCUT2D eigenvalue weighted by Gasteiger charge is -2.27. The Balaban J connectivity index is 1.19. The zero-order chi connectivity index (χ0) is 86.8. The quantitative estimate of drug-likeness (QED) is 0.00853. The molecule has 2 aromatic heterocycles. The van der Waals surface area contributed by atoms with E-state index in [1.54, 1.807) is 36.5 Å². The van der Waals surface area contributed by atoms with Crippen molar-refractivity contribution in [2.24, 2.45) is 22.2 Å². The Morgan fingerprint density at radius 3 is 1.51 bits per heavy atom. The van der Waals surface area contributed by atoms with E-state index in [-0.39, 0.29) is 82.5 Å². The number of para-hydroxylation sites is 1. The van der Waals surface area contributed by atoms with Gasteiger partial charge >= 0.3 is 0 Å². The standard InChI is InChI=1S/C89H143N19O12/c1-5-8-11-13-15-17-19-21-23-25-27-29-31-33-38-51-76(109)94-54-43-56-96-85(118)87-107-108(88(120-87)86(119)97-57-44-55-95-77(110)52-39-34-32-30-28-26-24-22-20-18-16-14-12-9-6-2)63-78(111)102-71(48-10-7-3)81(114)101-65(4)80(113)105-75(60-68-62-93-64-100-68)84(117)106-74(58-66-45-36-35-37-46-66)83(116)103-72(50-42-53-98-89(91)92)82(115)104-73(79(90)112)59-67-61-99-70-49-41-40-47-69(67)70/h21-24,35-37,40-41,45-47,49,61-62,64-65,71-75,87-88,99,107H,5-20,25-34,38-39,42-44,48,50-60,63H2,1-4H3,(H2,90,112)(H,93,100)(H,94,109)(H,95,110)(H,96,118)(H,97,119)(H,101,114)(H,102,111)(H,103,116)(H,104,115)(H,105,113)(H,106,117)(H4,91,92,98)/b23-21+,24-22+/t65-,71-,72-,73-,74+,75-,87?,88?/m0/s1. The number of benzene rings is 2. The number of fused-ring (bicyclic) bond motifs is 1. The number of rotatable bonds is 67. The third kappa shape index (κ3) is 42.8. The normalized spacial score (nSPS) is 14.9. The fourth-order valence-corrected chi connectivity index (χ4v) is 14.0. The largest absolute Gasteiger partial charge is 0.370 e. The van der Waals surface area contributed by atoms with Crippen molar-refractivity contribution in [2.45, 2.75) is 320 Å². The fraction of sp³-hybridized carbons (Fsp3) is 0.629. The van der Waals surface area contributed by atoms with Gasteiger partial charge in [0.15, 0.2) is 5.96 Å². The second-order valence-electron chi connectivity index (χ2n) is 31.4. The third-order valence-electron chi connectivity index (χ3n) is 21.0. The van der Waals surface area contributed by atoms with E-state index < -0.39 is 108 Å². The van der Waals surface area contributed by atoms with Gasteiger partial charge in [0, 0.05) is 93.8 Å². The fourth-order valence-electron chi connectivity index (χ4n) is 14.0. The topological polar surface area (TPSA) is 467 Å². The number of imidazole rings is 1. The van der Waals surface area contributed by atoms with Crippen molar-refractivity contribution < 1.29 is 57.5 Å². The summed E-state index contributed by atoms with van der Waals surface area (Å²) in [5.74, 6) is -7.25. The van der Waals surface area contributed by atoms with Gasteiger partial charge in [-0.15, -0.1) is 0 Å². The maximum Gasteiger partial charge on any atom is 0.265 e. The van der Waals surface area contributed by atoms with Crippen LogP contribution in [0, 0.1) is 0 Å². The summed E-state index contributed by atoms with van der Waals surface area (Å²) in [6.45, 7) is 8.08. The number of carbonyl (C=O) groups excluding carboxylic acids is 11. The Morgan fingerprint density at radius 2 is 0.950 bits per heavy atom. The van der Waals surface area contributed by atoms with Crippen LogP contribution in [0.4, 0.5) is 0 Å². The molecular formula is C89H143N19O12. The molecule has 0 bridgehead atoms. The molecule has 11 amide bonds. The first-order chi connectivity index (χ1) is 58.2. The van der Waals surface area contributed by atoms with Crippen LogP contribution < -0.4 is 75.8 Å². The molecule has 0 saturated carbocycles. The summed E-state index contributed by atoms with van der Waals surface area (Å²) in [5.41, 5.74) is 22.5. The molecule has 1 aliphatic rings. The molecule has 8 atom stereocenters. The van der Waals surface area contributed by atoms with Gasteiger partial charge < -0.3 is 85.1 Å². The minimum absolute atomic E-state index is 0.0185. The lowest BCUT2D eigenvalue weighted by molar-refractivity contribution is -0.144. The number of H-pyrrole nitrogens is 2. The van der Waals surface area contributed by atoms with Gasteiger partial charge in [0.1, 0.15) is 36.3 Å². The van der Waals surface area contributed by atoms with Gasteiger partial charge in [-0.25, -0.2) is 10.4 Å². The molecule has 3 heterocycles. The third-order valence-corrected chi connectivity index (χ3v) is 21.0. The summed E-state index contributed by atoms with van der Waals surface area (Å²) >= 11 is 0. The summed E-state index contributed by atoms with van der Waals surface area (Å²) in [7, 11) is 0. The van der Waals surface area contributed by atoms with E-state index in [9.17, 15) is 52.7 Å². The number of ether oxygens (including phenoxy) is 1. The highest BCUT2D eigenvalue weighted by Crippen LogP contribution is 2.21. The Labute approximate surface area is 710 Å². The van der Waals surface area contributed by atoms with Crippen LogP contribution in [0.5, 0.6) is 0 Å². The number of nitrogens with two attached hydrogens (primary N) is 3. The molecule has 31 nitrogen and oxygen atoms in total. The van der Waals surface area contributed by atoms with Gasteiger partial charge in [-0.1, -0.05) is 209 Å². The van der Waals surface area contributed by atoms with Gasteiger partial charge in [0.2, 0.25) is 65.6 Å². The molecule has 19 N–H and O–H groups in total. The number of aromatic amines is 2. The van der Waals surface area contributed by atoms with Crippen molar-refractivity contribution in [1.29, 1.82) is 0 Å². The number of primary amides is 1. The number of guanidine groups is 1. The van der Waals surface area contributed by atoms with Gasteiger partial charge in [-0.2, -0.15) is 5.01 Å². The van der Waals surface area contributed by atoms with E-state index in [4.69, 9.17) is 21.9 Å². The Morgan fingerprint density at radius 1 is 0.475 bits per heavy atom. The van der Waals surface area contributed by atoms with Crippen molar-refractivity contribution in [3.8, 4) is 0 Å². The minimum Gasteiger partial charge on any atom is -0.370 e. The van der Waals surface area contributed by atoms with Gasteiger partial charge in [0.25, 0.3) is 11.8 Å². The molecule has 666 valence electrons. The summed E-state index contributed by atoms with van der Waals surface area (Å²) in [5, 5.41) is 29.8. The van der Waals surface area contributed by atoms with Crippen LogP contribution in [-0.2, 0) is 76.7 Å². The first-order valence-corrected chi connectivity index (χ1v) is 44.5. The van der Waals surface area contributed by atoms with Gasteiger partial charge in [-0.05, 0) is 120 Å². The Bertz CT molecular complexity index is 3740. The van der Waals surface area contributed by atoms with Crippen molar-refractivity contribution in [1.82, 2.24) is 78.6 Å². The molecule has 5 rings (SSSR count). The smallest absolute Gasteiger partial charge is 0.265 e. The molecule has 2 unspecified atom stereocenters. The molecule has 31 heteroatoms. The number of allylic oxidation sites excluding steroid dienone is 4. The van der Waals surface area contributed by atoms with E-state index in [1.807, 2.05) is 31.2 Å². The lowest BCUT2D eigenvalue weighted by Crippen LogP contribution is -2.60. The van der Waals surface area contributed by atoms with Crippen LogP contribution in [0.15, 0.2) is 103 Å². The zero-order valence-electron chi connectivity index (χ0n) is 71.9. The highest BCUT2D eigenvalue weighted by atomic mass is 16.6. The van der Waals surface area contributed by atoms with Crippen molar-refractivity contribution in [3.05, 3.63) is 114 Å². The second kappa shape index (κ2) is 61.3. The average Bonchev–Trinajstić information content (AvgIpc) is 1.67. The van der Waals surface area contributed by atoms with Crippen molar-refractivity contribution in [3.63, 3.8) is 0 Å². The van der Waals surface area contributed by atoms with Crippen molar-refractivity contribution >= 4 is 81.8 Å². The summed E-state index contributed by atoms with van der Waals surface area (Å²) in [4.78, 5) is 167. The highest BCUT2D eigenvalue weighted by molar-refractivity contribution is 5.98. The molecule has 0 spiro atoms. The van der Waals surface area contributed by atoms with Crippen LogP contribution in [0.25, 0.3) is 10.9 Å². The number of aromatic nitrogens is 3. The zero-order valence-corrected chi connectivity index (χ0v) is 71.9. The second-order valence-corrected chi connectivity index (χ2v) is 31.4. The first kappa shape index (κ1) is 101. The predicted octanol–water partition coefficient (Wildman–Crippen LogP) is 8.39. The van der Waals surface area contributed by atoms with Crippen molar-refractivity contribution in [2.75, 3.05) is 39.3 Å². The number of aliphatic imine (C=N–C) groups is 1. The molecule has 2 aromatic carbocycles. The molecule has 4 aromatic rings. The number of hydrogen-bond acceptors (Lipinski definition) is 16. The molecule has 1 fully saturated rings. The number of hydrogen-bond donors (Lipinski definition) is 16. The van der Waals surface area contributed by atoms with Crippen LogP contribution in [-0.4, -0.2) is 179 Å². The number of nitrogens with zero attached hydrogens (tertiary/aromatic N) is 3. The maximum atomic E-state index is 14.8. The Hall–Kier alpha value is -10.0. The molecule has 1 aliphatic heterocycles. The average molecular weight is 1670 g/mol. The maximum absolute atomic E-state index is 14.8. The summed E-state index contributed by atoms with van der Waals surface area (Å²) < 4.78 is 6.00. The molecule has 120 heavy (non-hydrogen) atoms. The van der Waals surface area contributed by atoms with E-state index in [1.165, 1.54) is 96.5 Å². The number of carbonyl (C=O) groups is 11. The summed E-state index contributed by atoms with van der Waals surface area (Å²) in [6.07, 6.45) is 43.5. The van der Waals surface area contributed by atoms with Gasteiger partial charge in [-0.3, -0.25) is 57.7 Å². The number of hydrazine groups is 1. The van der Waals surface area contributed by atoms with E-state index in [2.05, 4.69) is 117 Å². The lowest BCUT2D eigenvalue weighted by atomic mass is 10.0. The SMILES string of the molecule is CCCCCCCC/C=C/CCCCCCCC(=O)NCCCNC(=O)C1NN(CC(=O)N[C@@H](CCCC)C(=O)N[C@@H](C)C(=O)N[C@@H](Cc2cnc[nH]2)C(=O)N[C@H](Cc2ccccc2)C(=O)N[C@@H](CCCN=C(N)N)C(=O)N[C@@H](Cc2c[nH]c3ccccc23)C(N)=O)C(C(=O)NCCCNC(=O)CCCCCCC/C=C/CCCCCCCC)O1. The van der Waals surface area contributed by atoms with E-state index >= 15 is 0 Å².